The summed E-state index contributed by atoms with van der Waals surface area (Å²) < 4.78 is 15.8. The molecule has 2 aromatic carbocycles. The SMILES string of the molecule is COc1ccc(C(=O)COC(=O)C2(c3ccc(Cl)cc3)CCC2)c(OC)c1. The molecule has 0 aromatic heterocycles. The largest absolute Gasteiger partial charge is 0.497 e. The minimum absolute atomic E-state index is 0.326. The van der Waals surface area contributed by atoms with E-state index < -0.39 is 5.41 Å². The normalized spacial score (nSPS) is 14.8. The summed E-state index contributed by atoms with van der Waals surface area (Å²) in [5, 5.41) is 0.614. The molecule has 0 heterocycles. The number of halogens is 1. The molecule has 1 saturated carbocycles. The van der Waals surface area contributed by atoms with Crippen LogP contribution >= 0.6 is 11.6 Å². The first-order valence-corrected chi connectivity index (χ1v) is 9.06. The van der Waals surface area contributed by atoms with Crippen LogP contribution in [0.3, 0.4) is 0 Å². The minimum Gasteiger partial charge on any atom is -0.497 e. The molecule has 0 unspecified atom stereocenters. The summed E-state index contributed by atoms with van der Waals surface area (Å²) >= 11 is 5.94. The lowest BCUT2D eigenvalue weighted by atomic mass is 9.64. The standard InChI is InChI=1S/C21H21ClO5/c1-25-16-8-9-17(19(12-16)26-2)18(23)13-27-20(24)21(10-3-11-21)14-4-6-15(22)7-5-14/h4-9,12H,3,10-11,13H2,1-2H3. The Hall–Kier alpha value is -2.53. The molecular weight excluding hydrogens is 368 g/mol. The molecule has 0 saturated heterocycles. The molecule has 5 nitrogen and oxygen atoms in total. The van der Waals surface area contributed by atoms with E-state index in [0.717, 1.165) is 12.0 Å². The summed E-state index contributed by atoms with van der Waals surface area (Å²) in [6.07, 6.45) is 2.35. The topological polar surface area (TPSA) is 61.8 Å². The number of carbonyl (C=O) groups is 2. The maximum Gasteiger partial charge on any atom is 0.317 e. The number of benzene rings is 2. The Morgan fingerprint density at radius 2 is 1.74 bits per heavy atom. The lowest BCUT2D eigenvalue weighted by Gasteiger charge is -2.39. The molecule has 0 amide bonds. The summed E-state index contributed by atoms with van der Waals surface area (Å²) in [6.45, 7) is -0.336. The second-order valence-electron chi connectivity index (χ2n) is 6.51. The highest BCUT2D eigenvalue weighted by atomic mass is 35.5. The molecule has 0 spiro atoms. The van der Waals surface area contributed by atoms with Crippen molar-refractivity contribution in [3.05, 3.63) is 58.6 Å². The molecule has 0 aliphatic heterocycles. The predicted octanol–water partition coefficient (Wildman–Crippen LogP) is 4.21. The fourth-order valence-electron chi connectivity index (χ4n) is 3.29. The third-order valence-electron chi connectivity index (χ3n) is 5.04. The van der Waals surface area contributed by atoms with Crippen molar-refractivity contribution in [3.8, 4) is 11.5 Å². The van der Waals surface area contributed by atoms with Gasteiger partial charge in [-0.15, -0.1) is 0 Å². The van der Waals surface area contributed by atoms with Crippen LogP contribution in [0.15, 0.2) is 42.5 Å². The quantitative estimate of drug-likeness (QED) is 0.525. The van der Waals surface area contributed by atoms with Gasteiger partial charge in [0.2, 0.25) is 5.78 Å². The molecule has 142 valence electrons. The Kier molecular flexibility index (Phi) is 5.71. The van der Waals surface area contributed by atoms with E-state index in [1.807, 2.05) is 12.1 Å². The van der Waals surface area contributed by atoms with E-state index in [9.17, 15) is 9.59 Å². The molecule has 2 aromatic rings. The van der Waals surface area contributed by atoms with Crippen molar-refractivity contribution in [2.75, 3.05) is 20.8 Å². The van der Waals surface area contributed by atoms with Crippen molar-refractivity contribution in [2.45, 2.75) is 24.7 Å². The zero-order chi connectivity index (χ0) is 19.4. The number of methoxy groups -OCH3 is 2. The van der Waals surface area contributed by atoms with Gasteiger partial charge in [-0.1, -0.05) is 30.2 Å². The highest BCUT2D eigenvalue weighted by Gasteiger charge is 2.47. The van der Waals surface area contributed by atoms with Gasteiger partial charge in [-0.3, -0.25) is 9.59 Å². The van der Waals surface area contributed by atoms with Crippen LogP contribution in [0.1, 0.15) is 35.2 Å². The van der Waals surface area contributed by atoms with E-state index >= 15 is 0 Å². The Morgan fingerprint density at radius 1 is 1.04 bits per heavy atom. The van der Waals surface area contributed by atoms with E-state index in [1.165, 1.54) is 14.2 Å². The molecular formula is C21H21ClO5. The summed E-state index contributed by atoms with van der Waals surface area (Å²) in [4.78, 5) is 25.3. The fourth-order valence-corrected chi connectivity index (χ4v) is 3.41. The molecule has 6 heteroatoms. The number of esters is 1. The average Bonchev–Trinajstić information content (AvgIpc) is 2.66. The first kappa shape index (κ1) is 19.2. The van der Waals surface area contributed by atoms with E-state index in [-0.39, 0.29) is 18.4 Å². The van der Waals surface area contributed by atoms with Crippen LogP contribution in [0.5, 0.6) is 11.5 Å². The Morgan fingerprint density at radius 3 is 2.30 bits per heavy atom. The molecule has 1 aliphatic rings. The van der Waals surface area contributed by atoms with Gasteiger partial charge in [0.25, 0.3) is 0 Å². The van der Waals surface area contributed by atoms with Crippen LogP contribution < -0.4 is 9.47 Å². The van der Waals surface area contributed by atoms with Crippen molar-refractivity contribution in [2.24, 2.45) is 0 Å². The number of ether oxygens (including phenoxy) is 3. The van der Waals surface area contributed by atoms with Crippen LogP contribution in [0.25, 0.3) is 0 Å². The molecule has 0 N–H and O–H groups in total. The second-order valence-corrected chi connectivity index (χ2v) is 6.94. The highest BCUT2D eigenvalue weighted by Crippen LogP contribution is 2.45. The number of carbonyl (C=O) groups excluding carboxylic acids is 2. The summed E-state index contributed by atoms with van der Waals surface area (Å²) in [5.74, 6) is 0.258. The van der Waals surface area contributed by atoms with Crippen LogP contribution in [0.2, 0.25) is 5.02 Å². The first-order chi connectivity index (χ1) is 13.0. The van der Waals surface area contributed by atoms with Gasteiger partial charge < -0.3 is 14.2 Å². The fraction of sp³-hybridized carbons (Fsp3) is 0.333. The first-order valence-electron chi connectivity index (χ1n) is 8.68. The van der Waals surface area contributed by atoms with Crippen molar-refractivity contribution < 1.29 is 23.8 Å². The second kappa shape index (κ2) is 8.01. The van der Waals surface area contributed by atoms with E-state index in [1.54, 1.807) is 30.3 Å². The van der Waals surface area contributed by atoms with Gasteiger partial charge in [0, 0.05) is 11.1 Å². The third-order valence-corrected chi connectivity index (χ3v) is 5.29. The van der Waals surface area contributed by atoms with Crippen molar-refractivity contribution >= 4 is 23.4 Å². The van der Waals surface area contributed by atoms with E-state index in [0.29, 0.717) is 34.9 Å². The van der Waals surface area contributed by atoms with Crippen molar-refractivity contribution in [1.82, 2.24) is 0 Å². The molecule has 0 bridgehead atoms. The molecule has 0 atom stereocenters. The summed E-state index contributed by atoms with van der Waals surface area (Å²) in [7, 11) is 3.01. The highest BCUT2D eigenvalue weighted by molar-refractivity contribution is 6.30. The van der Waals surface area contributed by atoms with Crippen molar-refractivity contribution in [3.63, 3.8) is 0 Å². The average molecular weight is 389 g/mol. The van der Waals surface area contributed by atoms with Gasteiger partial charge in [-0.2, -0.15) is 0 Å². The lowest BCUT2D eigenvalue weighted by molar-refractivity contribution is -0.153. The lowest BCUT2D eigenvalue weighted by Crippen LogP contribution is -2.44. The molecule has 0 radical (unpaired) electrons. The zero-order valence-electron chi connectivity index (χ0n) is 15.3. The number of Topliss-reactive ketones (excluding diaryl/α,β-unsaturated/α-hetero) is 1. The Bertz CT molecular complexity index is 840. The maximum atomic E-state index is 12.8. The Balaban J connectivity index is 1.71. The number of rotatable bonds is 7. The summed E-state index contributed by atoms with van der Waals surface area (Å²) in [5.41, 5.74) is 0.535. The Labute approximate surface area is 163 Å². The monoisotopic (exact) mass is 388 g/mol. The van der Waals surface area contributed by atoms with Gasteiger partial charge in [0.05, 0.1) is 25.2 Å². The number of hydrogen-bond donors (Lipinski definition) is 0. The molecule has 27 heavy (non-hydrogen) atoms. The van der Waals surface area contributed by atoms with Crippen molar-refractivity contribution in [1.29, 1.82) is 0 Å². The van der Waals surface area contributed by atoms with Crippen LogP contribution in [-0.2, 0) is 14.9 Å². The van der Waals surface area contributed by atoms with Crippen LogP contribution in [0, 0.1) is 0 Å². The number of hydrogen-bond acceptors (Lipinski definition) is 5. The number of ketones is 1. The van der Waals surface area contributed by atoms with Gasteiger partial charge >= 0.3 is 5.97 Å². The van der Waals surface area contributed by atoms with Gasteiger partial charge in [-0.25, -0.2) is 0 Å². The van der Waals surface area contributed by atoms with Crippen LogP contribution in [0.4, 0.5) is 0 Å². The van der Waals surface area contributed by atoms with E-state index in [2.05, 4.69) is 0 Å². The van der Waals surface area contributed by atoms with Gasteiger partial charge in [0.1, 0.15) is 11.5 Å². The molecule has 3 rings (SSSR count). The van der Waals surface area contributed by atoms with E-state index in [4.69, 9.17) is 25.8 Å². The predicted molar refractivity (Wildman–Crippen MR) is 102 cm³/mol. The maximum absolute atomic E-state index is 12.8. The zero-order valence-corrected chi connectivity index (χ0v) is 16.0. The molecule has 1 fully saturated rings. The van der Waals surface area contributed by atoms with Gasteiger partial charge in [0.15, 0.2) is 6.61 Å². The minimum atomic E-state index is -0.686. The smallest absolute Gasteiger partial charge is 0.317 e. The van der Waals surface area contributed by atoms with Crippen LogP contribution in [-0.4, -0.2) is 32.6 Å². The third kappa shape index (κ3) is 3.78. The molecule has 1 aliphatic carbocycles. The van der Waals surface area contributed by atoms with Gasteiger partial charge in [-0.05, 0) is 42.7 Å². The summed E-state index contributed by atoms with van der Waals surface area (Å²) in [6, 6.07) is 12.1.